The molecule has 1 fully saturated rings. The molecule has 1 saturated carbocycles. The maximum atomic E-state index is 12.4. The Balaban J connectivity index is 1.35. The summed E-state index contributed by atoms with van der Waals surface area (Å²) in [5, 5.41) is 21.9. The van der Waals surface area contributed by atoms with Crippen LogP contribution in [0.1, 0.15) is 40.7 Å². The average Bonchev–Trinajstić information content (AvgIpc) is 3.15. The quantitative estimate of drug-likeness (QED) is 0.482. The van der Waals surface area contributed by atoms with Gasteiger partial charge in [-0.15, -0.1) is 0 Å². The second kappa shape index (κ2) is 9.92. The number of hydrogen-bond acceptors (Lipinski definition) is 3. The highest BCUT2D eigenvalue weighted by molar-refractivity contribution is 5.87. The summed E-state index contributed by atoms with van der Waals surface area (Å²) < 4.78 is 0. The summed E-state index contributed by atoms with van der Waals surface area (Å²) in [5.74, 6) is -0.550. The van der Waals surface area contributed by atoms with E-state index < -0.39 is 12.1 Å². The van der Waals surface area contributed by atoms with Crippen molar-refractivity contribution < 1.29 is 19.8 Å². The van der Waals surface area contributed by atoms with Crippen LogP contribution in [0.5, 0.6) is 0 Å². The Bertz CT molecular complexity index is 1130. The van der Waals surface area contributed by atoms with Crippen molar-refractivity contribution in [3.8, 4) is 0 Å². The fourth-order valence-electron chi connectivity index (χ4n) is 4.62. The Morgan fingerprint density at radius 3 is 2.47 bits per heavy atom. The molecule has 3 aromatic carbocycles. The summed E-state index contributed by atoms with van der Waals surface area (Å²) in [6.07, 6.45) is 6.70. The highest BCUT2D eigenvalue weighted by atomic mass is 16.4. The summed E-state index contributed by atoms with van der Waals surface area (Å²) in [5.41, 5.74) is 2.39. The molecule has 164 valence electrons. The van der Waals surface area contributed by atoms with Gasteiger partial charge in [-0.1, -0.05) is 66.7 Å². The summed E-state index contributed by atoms with van der Waals surface area (Å²) >= 11 is 0. The molecule has 4 nitrogen and oxygen atoms in total. The number of ketones is 1. The van der Waals surface area contributed by atoms with Crippen molar-refractivity contribution in [2.45, 2.75) is 38.2 Å². The maximum absolute atomic E-state index is 12.4. The van der Waals surface area contributed by atoms with Crippen LogP contribution in [0.3, 0.4) is 0 Å². The van der Waals surface area contributed by atoms with E-state index in [0.717, 1.165) is 30.4 Å². The first-order valence-electron chi connectivity index (χ1n) is 11.2. The van der Waals surface area contributed by atoms with E-state index in [0.29, 0.717) is 12.8 Å². The van der Waals surface area contributed by atoms with Crippen molar-refractivity contribution in [2.24, 2.45) is 11.8 Å². The molecule has 0 saturated heterocycles. The summed E-state index contributed by atoms with van der Waals surface area (Å²) in [6.45, 7) is 0. The van der Waals surface area contributed by atoms with Crippen molar-refractivity contribution in [3.05, 3.63) is 95.6 Å². The van der Waals surface area contributed by atoms with E-state index in [4.69, 9.17) is 5.11 Å². The first kappa shape index (κ1) is 22.0. The summed E-state index contributed by atoms with van der Waals surface area (Å²) in [7, 11) is 0. The molecule has 0 amide bonds. The lowest BCUT2D eigenvalue weighted by Gasteiger charge is -2.16. The minimum absolute atomic E-state index is 0.0433. The van der Waals surface area contributed by atoms with Crippen LogP contribution in [0.4, 0.5) is 0 Å². The second-order valence-corrected chi connectivity index (χ2v) is 8.65. The molecule has 3 aromatic rings. The largest absolute Gasteiger partial charge is 0.478 e. The van der Waals surface area contributed by atoms with Crippen LogP contribution in [0, 0.1) is 11.8 Å². The molecule has 4 heteroatoms. The Kier molecular flexibility index (Phi) is 6.81. The number of allylic oxidation sites excluding steroid dienone is 1. The lowest BCUT2D eigenvalue weighted by Crippen LogP contribution is -2.15. The zero-order chi connectivity index (χ0) is 22.5. The van der Waals surface area contributed by atoms with Gasteiger partial charge >= 0.3 is 5.97 Å². The van der Waals surface area contributed by atoms with Gasteiger partial charge in [0.05, 0.1) is 11.7 Å². The maximum Gasteiger partial charge on any atom is 0.335 e. The number of fused-ring (bicyclic) bond motifs is 1. The fraction of sp³-hybridized carbons (Fsp3) is 0.286. The van der Waals surface area contributed by atoms with Crippen molar-refractivity contribution in [1.29, 1.82) is 0 Å². The standard InChI is InChI=1S/C28H28O4/c29-25(18-20-7-9-21-3-1-2-4-24(21)17-20)14-12-22-13-16-27(30)26(22)15-8-19-5-10-23(11-6-19)28(31)32/h1-7,9-12,14,17,22,25-26,29H,8,13,15-16,18H2,(H,31,32). The molecule has 0 aromatic heterocycles. The Hall–Kier alpha value is -3.24. The summed E-state index contributed by atoms with van der Waals surface area (Å²) in [4.78, 5) is 23.4. The highest BCUT2D eigenvalue weighted by Crippen LogP contribution is 2.33. The van der Waals surface area contributed by atoms with Crippen LogP contribution in [0.25, 0.3) is 10.8 Å². The predicted octanol–water partition coefficient (Wildman–Crippen LogP) is 5.23. The van der Waals surface area contributed by atoms with E-state index in [1.165, 1.54) is 10.8 Å². The van der Waals surface area contributed by atoms with E-state index in [1.54, 1.807) is 12.1 Å². The first-order valence-corrected chi connectivity index (χ1v) is 11.2. The molecular formula is C28H28O4. The molecule has 0 heterocycles. The number of aliphatic hydroxyl groups excluding tert-OH is 1. The number of carbonyl (C=O) groups excluding carboxylic acids is 1. The Labute approximate surface area is 188 Å². The van der Waals surface area contributed by atoms with Crippen molar-refractivity contribution >= 4 is 22.5 Å². The molecule has 1 aliphatic carbocycles. The number of carboxylic acid groups (broad SMARTS) is 1. The molecule has 1 aliphatic rings. The van der Waals surface area contributed by atoms with Gasteiger partial charge in [0.2, 0.25) is 0 Å². The zero-order valence-electron chi connectivity index (χ0n) is 18.0. The predicted molar refractivity (Wildman–Crippen MR) is 126 cm³/mol. The fourth-order valence-corrected chi connectivity index (χ4v) is 4.62. The van der Waals surface area contributed by atoms with Crippen LogP contribution in [0.15, 0.2) is 78.9 Å². The number of rotatable bonds is 8. The van der Waals surface area contributed by atoms with Gasteiger partial charge in [0.1, 0.15) is 5.78 Å². The highest BCUT2D eigenvalue weighted by Gasteiger charge is 2.32. The minimum atomic E-state index is -0.935. The van der Waals surface area contributed by atoms with Gasteiger partial charge in [0.25, 0.3) is 0 Å². The summed E-state index contributed by atoms with van der Waals surface area (Å²) in [6, 6.07) is 21.3. The topological polar surface area (TPSA) is 74.6 Å². The SMILES string of the molecule is O=C(O)c1ccc(CCC2C(=O)CCC2C=CC(O)Cc2ccc3ccccc3c2)cc1. The molecule has 3 unspecified atom stereocenters. The van der Waals surface area contributed by atoms with Crippen LogP contribution in [0.2, 0.25) is 0 Å². The molecule has 4 rings (SSSR count). The molecule has 0 spiro atoms. The third kappa shape index (κ3) is 5.32. The molecule has 0 bridgehead atoms. The van der Waals surface area contributed by atoms with Crippen molar-refractivity contribution in [2.75, 3.05) is 0 Å². The van der Waals surface area contributed by atoms with Gasteiger partial charge in [-0.3, -0.25) is 4.79 Å². The van der Waals surface area contributed by atoms with Crippen LogP contribution >= 0.6 is 0 Å². The number of benzene rings is 3. The molecule has 0 aliphatic heterocycles. The Morgan fingerprint density at radius 1 is 1.00 bits per heavy atom. The van der Waals surface area contributed by atoms with Gasteiger partial charge in [-0.25, -0.2) is 4.79 Å². The van der Waals surface area contributed by atoms with E-state index >= 15 is 0 Å². The molecule has 32 heavy (non-hydrogen) atoms. The van der Waals surface area contributed by atoms with E-state index in [9.17, 15) is 14.7 Å². The number of aryl methyl sites for hydroxylation is 1. The number of hydrogen-bond donors (Lipinski definition) is 2. The molecule has 3 atom stereocenters. The number of aromatic carboxylic acids is 1. The lowest BCUT2D eigenvalue weighted by molar-refractivity contribution is -0.121. The first-order chi connectivity index (χ1) is 15.5. The van der Waals surface area contributed by atoms with Gasteiger partial charge in [-0.2, -0.15) is 0 Å². The van der Waals surface area contributed by atoms with Gasteiger partial charge in [-0.05, 0) is 59.2 Å². The van der Waals surface area contributed by atoms with Crippen molar-refractivity contribution in [1.82, 2.24) is 0 Å². The number of aliphatic hydroxyl groups is 1. The number of carbonyl (C=O) groups is 2. The van der Waals surface area contributed by atoms with Gasteiger partial charge in [0, 0.05) is 18.8 Å². The zero-order valence-corrected chi connectivity index (χ0v) is 18.0. The third-order valence-electron chi connectivity index (χ3n) is 6.44. The average molecular weight is 429 g/mol. The molecule has 2 N–H and O–H groups in total. The Morgan fingerprint density at radius 2 is 1.72 bits per heavy atom. The van der Waals surface area contributed by atoms with Crippen LogP contribution < -0.4 is 0 Å². The number of Topliss-reactive ketones (excluding diaryl/α,β-unsaturated/α-hetero) is 1. The minimum Gasteiger partial charge on any atom is -0.478 e. The number of carboxylic acids is 1. The second-order valence-electron chi connectivity index (χ2n) is 8.65. The van der Waals surface area contributed by atoms with Crippen LogP contribution in [-0.4, -0.2) is 28.1 Å². The lowest BCUT2D eigenvalue weighted by atomic mass is 9.88. The van der Waals surface area contributed by atoms with E-state index in [-0.39, 0.29) is 23.2 Å². The third-order valence-corrected chi connectivity index (χ3v) is 6.44. The monoisotopic (exact) mass is 428 g/mol. The van der Waals surface area contributed by atoms with E-state index in [1.807, 2.05) is 36.4 Å². The van der Waals surface area contributed by atoms with Gasteiger partial charge < -0.3 is 10.2 Å². The molecular weight excluding hydrogens is 400 g/mol. The normalized spacial score (nSPS) is 19.6. The van der Waals surface area contributed by atoms with Crippen LogP contribution in [-0.2, 0) is 17.6 Å². The smallest absolute Gasteiger partial charge is 0.335 e. The molecule has 0 radical (unpaired) electrons. The van der Waals surface area contributed by atoms with Crippen molar-refractivity contribution in [3.63, 3.8) is 0 Å². The van der Waals surface area contributed by atoms with E-state index in [2.05, 4.69) is 30.3 Å². The van der Waals surface area contributed by atoms with Gasteiger partial charge in [0.15, 0.2) is 0 Å².